The summed E-state index contributed by atoms with van der Waals surface area (Å²) in [6, 6.07) is 5.58. The van der Waals surface area contributed by atoms with Gasteiger partial charge in [-0.2, -0.15) is 0 Å². The number of aryl methyl sites for hydroxylation is 2. The van der Waals surface area contributed by atoms with Crippen LogP contribution >= 0.6 is 0 Å². The van der Waals surface area contributed by atoms with Crippen LogP contribution in [0.5, 0.6) is 0 Å². The average molecular weight is 442 g/mol. The Kier molecular flexibility index (Phi) is 8.43. The predicted molar refractivity (Wildman–Crippen MR) is 125 cm³/mol. The highest BCUT2D eigenvalue weighted by Crippen LogP contribution is 2.30. The smallest absolute Gasteiger partial charge is 0.427 e. The normalized spacial score (nSPS) is 18.8. The number of amides is 2. The van der Waals surface area contributed by atoms with E-state index in [1.54, 1.807) is 25.1 Å². The molecule has 2 atom stereocenters. The molecular formula is C24H35BN2O5. The van der Waals surface area contributed by atoms with Gasteiger partial charge in [0.15, 0.2) is 5.78 Å². The molecule has 0 heterocycles. The maximum atomic E-state index is 13.3. The van der Waals surface area contributed by atoms with Crippen molar-refractivity contribution in [1.29, 1.82) is 0 Å². The van der Waals surface area contributed by atoms with Crippen LogP contribution < -0.4 is 5.43 Å². The number of ketones is 1. The molecule has 1 aromatic rings. The van der Waals surface area contributed by atoms with E-state index in [0.717, 1.165) is 11.1 Å². The number of nitrogens with zero attached hydrogens (tertiary/aromatic N) is 1. The summed E-state index contributed by atoms with van der Waals surface area (Å²) in [6.45, 7) is 11.1. The van der Waals surface area contributed by atoms with Crippen molar-refractivity contribution in [1.82, 2.24) is 10.4 Å². The van der Waals surface area contributed by atoms with Gasteiger partial charge in [0, 0.05) is 11.5 Å². The number of carbonyl (C=O) groups excluding carboxylic acids is 3. The van der Waals surface area contributed by atoms with Crippen molar-refractivity contribution >= 4 is 24.7 Å². The third-order valence-electron chi connectivity index (χ3n) is 5.76. The van der Waals surface area contributed by atoms with Crippen molar-refractivity contribution in [2.24, 2.45) is 11.8 Å². The SMILES string of the molecule is Cc1cc(C)cc(C(=O)N(NC(=O)C2CC=C(CCCB(O)O)C(=O)C2C)C(C)(C)C)c1. The first-order valence-corrected chi connectivity index (χ1v) is 11.1. The number of benzene rings is 1. The monoisotopic (exact) mass is 442 g/mol. The largest absolute Gasteiger partial charge is 0.451 e. The van der Waals surface area contributed by atoms with E-state index in [9.17, 15) is 14.4 Å². The fourth-order valence-corrected chi connectivity index (χ4v) is 4.03. The maximum absolute atomic E-state index is 13.3. The molecule has 0 saturated heterocycles. The van der Waals surface area contributed by atoms with E-state index >= 15 is 0 Å². The third kappa shape index (κ3) is 6.53. The number of hydrazine groups is 1. The zero-order valence-electron chi connectivity index (χ0n) is 19.9. The highest BCUT2D eigenvalue weighted by Gasteiger charge is 2.37. The summed E-state index contributed by atoms with van der Waals surface area (Å²) in [6.07, 6.45) is 3.30. The molecule has 174 valence electrons. The van der Waals surface area contributed by atoms with Crippen LogP contribution in [0.25, 0.3) is 0 Å². The van der Waals surface area contributed by atoms with Crippen molar-refractivity contribution in [3.8, 4) is 0 Å². The Morgan fingerprint density at radius 1 is 1.16 bits per heavy atom. The Labute approximate surface area is 191 Å². The zero-order valence-corrected chi connectivity index (χ0v) is 19.9. The van der Waals surface area contributed by atoms with Gasteiger partial charge in [-0.3, -0.25) is 19.8 Å². The van der Waals surface area contributed by atoms with E-state index in [1.807, 2.05) is 40.7 Å². The molecule has 0 fully saturated rings. The number of carbonyl (C=O) groups is 3. The van der Waals surface area contributed by atoms with Gasteiger partial charge in [-0.15, -0.1) is 0 Å². The molecule has 2 rings (SSSR count). The first kappa shape index (κ1) is 25.8. The lowest BCUT2D eigenvalue weighted by Gasteiger charge is -2.37. The van der Waals surface area contributed by atoms with E-state index in [1.165, 1.54) is 5.01 Å². The van der Waals surface area contributed by atoms with Crippen LogP contribution in [-0.2, 0) is 9.59 Å². The second-order valence-corrected chi connectivity index (χ2v) is 9.76. The van der Waals surface area contributed by atoms with Crippen molar-refractivity contribution in [3.05, 3.63) is 46.5 Å². The topological polar surface area (TPSA) is 107 Å². The molecule has 0 aromatic heterocycles. The summed E-state index contributed by atoms with van der Waals surface area (Å²) in [4.78, 5) is 39.2. The Bertz CT molecular complexity index is 884. The van der Waals surface area contributed by atoms with E-state index in [0.29, 0.717) is 30.4 Å². The Morgan fingerprint density at radius 2 is 1.75 bits per heavy atom. The van der Waals surface area contributed by atoms with E-state index in [4.69, 9.17) is 10.0 Å². The fourth-order valence-electron chi connectivity index (χ4n) is 4.03. The molecule has 2 unspecified atom stereocenters. The van der Waals surface area contributed by atoms with E-state index in [-0.39, 0.29) is 23.9 Å². The first-order chi connectivity index (χ1) is 14.8. The molecule has 32 heavy (non-hydrogen) atoms. The quantitative estimate of drug-likeness (QED) is 0.464. The summed E-state index contributed by atoms with van der Waals surface area (Å²) in [5, 5.41) is 19.3. The Balaban J connectivity index is 2.17. The number of hydrogen-bond acceptors (Lipinski definition) is 5. The summed E-state index contributed by atoms with van der Waals surface area (Å²) >= 11 is 0. The average Bonchev–Trinajstić information content (AvgIpc) is 2.67. The molecule has 8 heteroatoms. The fraction of sp³-hybridized carbons (Fsp3) is 0.542. The number of hydrogen-bond donors (Lipinski definition) is 3. The minimum absolute atomic E-state index is 0.105. The summed E-state index contributed by atoms with van der Waals surface area (Å²) in [7, 11) is -1.39. The highest BCUT2D eigenvalue weighted by atomic mass is 16.4. The molecular weight excluding hydrogens is 407 g/mol. The molecule has 0 aliphatic heterocycles. The van der Waals surface area contributed by atoms with Crippen molar-refractivity contribution < 1.29 is 24.4 Å². The van der Waals surface area contributed by atoms with E-state index in [2.05, 4.69) is 5.43 Å². The predicted octanol–water partition coefficient (Wildman–Crippen LogP) is 2.98. The van der Waals surface area contributed by atoms with Crippen LogP contribution in [0.4, 0.5) is 0 Å². The van der Waals surface area contributed by atoms with Crippen LogP contribution in [0.15, 0.2) is 29.8 Å². The second-order valence-electron chi connectivity index (χ2n) is 9.76. The molecule has 1 aliphatic carbocycles. The van der Waals surface area contributed by atoms with Crippen LogP contribution in [0.1, 0.15) is 68.4 Å². The highest BCUT2D eigenvalue weighted by molar-refractivity contribution is 6.40. The van der Waals surface area contributed by atoms with Gasteiger partial charge in [-0.05, 0) is 71.5 Å². The third-order valence-corrected chi connectivity index (χ3v) is 5.76. The lowest BCUT2D eigenvalue weighted by Crippen LogP contribution is -2.58. The molecule has 2 amide bonds. The number of nitrogens with one attached hydrogen (secondary N) is 1. The molecule has 0 saturated carbocycles. The molecule has 7 nitrogen and oxygen atoms in total. The zero-order chi connectivity index (χ0) is 24.2. The van der Waals surface area contributed by atoms with Crippen molar-refractivity contribution in [3.63, 3.8) is 0 Å². The van der Waals surface area contributed by atoms with Crippen LogP contribution in [0, 0.1) is 25.7 Å². The van der Waals surface area contributed by atoms with Gasteiger partial charge in [0.25, 0.3) is 5.91 Å². The van der Waals surface area contributed by atoms with Crippen LogP contribution in [0.3, 0.4) is 0 Å². The summed E-state index contributed by atoms with van der Waals surface area (Å²) in [5.74, 6) is -1.86. The van der Waals surface area contributed by atoms with Gasteiger partial charge in [-0.1, -0.05) is 36.6 Å². The molecule has 3 N–H and O–H groups in total. The lowest BCUT2D eigenvalue weighted by atomic mass is 9.76. The number of Topliss-reactive ketones (excluding diaryl/α,β-unsaturated/α-hetero) is 1. The minimum Gasteiger partial charge on any atom is -0.427 e. The molecule has 0 spiro atoms. The standard InChI is InChI=1S/C24H35BN2O5/c1-15-12-16(2)14-19(13-15)23(30)27(24(4,5)6)26-22(29)20-10-9-18(21(28)17(20)3)8-7-11-25(31)32/h9,12-14,17,20,31-32H,7-8,10-11H2,1-6H3,(H,26,29). The van der Waals surface area contributed by atoms with Gasteiger partial charge >= 0.3 is 7.12 Å². The van der Waals surface area contributed by atoms with Crippen LogP contribution in [0.2, 0.25) is 6.32 Å². The van der Waals surface area contributed by atoms with Crippen LogP contribution in [-0.4, -0.2) is 45.3 Å². The maximum Gasteiger partial charge on any atom is 0.451 e. The molecule has 0 radical (unpaired) electrons. The summed E-state index contributed by atoms with van der Waals surface area (Å²) < 4.78 is 0. The first-order valence-electron chi connectivity index (χ1n) is 11.1. The van der Waals surface area contributed by atoms with E-state index < -0.39 is 24.5 Å². The Morgan fingerprint density at radius 3 is 2.28 bits per heavy atom. The number of rotatable bonds is 6. The van der Waals surface area contributed by atoms with Crippen molar-refractivity contribution in [2.75, 3.05) is 0 Å². The molecule has 0 bridgehead atoms. The van der Waals surface area contributed by atoms with Gasteiger partial charge in [-0.25, -0.2) is 5.01 Å². The van der Waals surface area contributed by atoms with Gasteiger partial charge in [0.1, 0.15) is 0 Å². The van der Waals surface area contributed by atoms with Gasteiger partial charge in [0.05, 0.1) is 11.5 Å². The van der Waals surface area contributed by atoms with Crippen molar-refractivity contribution in [2.45, 2.75) is 72.7 Å². The van der Waals surface area contributed by atoms with Gasteiger partial charge < -0.3 is 10.0 Å². The number of allylic oxidation sites excluding steroid dienone is 2. The summed E-state index contributed by atoms with van der Waals surface area (Å²) in [5.41, 5.74) is 5.17. The second kappa shape index (κ2) is 10.4. The lowest BCUT2D eigenvalue weighted by molar-refractivity contribution is -0.136. The molecule has 1 aliphatic rings. The Hall–Kier alpha value is -2.45. The minimum atomic E-state index is -1.39. The molecule has 1 aromatic carbocycles. The van der Waals surface area contributed by atoms with Gasteiger partial charge in [0.2, 0.25) is 5.91 Å².